The molecule has 0 amide bonds. The first-order valence-corrected chi connectivity index (χ1v) is 10.4. The maximum Gasteiger partial charge on any atom is 0.243 e. The van der Waals surface area contributed by atoms with Gasteiger partial charge in [-0.25, -0.2) is 12.8 Å². The summed E-state index contributed by atoms with van der Waals surface area (Å²) < 4.78 is 41.3. The fourth-order valence-electron chi connectivity index (χ4n) is 2.99. The third-order valence-electron chi connectivity index (χ3n) is 4.29. The van der Waals surface area contributed by atoms with E-state index >= 15 is 0 Å². The first-order valence-electron chi connectivity index (χ1n) is 8.18. The fraction of sp³-hybridized carbons (Fsp3) is 0.333. The molecular weight excluding hydrogens is 407 g/mol. The predicted molar refractivity (Wildman–Crippen MR) is 99.2 cm³/mol. The van der Waals surface area contributed by atoms with Crippen molar-refractivity contribution in [2.24, 2.45) is 0 Å². The molecule has 25 heavy (non-hydrogen) atoms. The highest BCUT2D eigenvalue weighted by atomic mass is 79.9. The first kappa shape index (κ1) is 18.5. The number of benzene rings is 2. The molecule has 2 aromatic carbocycles. The van der Waals surface area contributed by atoms with Crippen LogP contribution in [-0.4, -0.2) is 43.8 Å². The normalized spacial score (nSPS) is 17.4. The minimum Gasteiger partial charge on any atom is -0.298 e. The summed E-state index contributed by atoms with van der Waals surface area (Å²) in [5, 5.41) is 0. The average Bonchev–Trinajstić information content (AvgIpc) is 2.81. The maximum atomic E-state index is 13.3. The maximum absolute atomic E-state index is 13.3. The summed E-state index contributed by atoms with van der Waals surface area (Å²) in [6.07, 6.45) is 0.755. The minimum absolute atomic E-state index is 0.244. The first-order chi connectivity index (χ1) is 11.9. The summed E-state index contributed by atoms with van der Waals surface area (Å²) in [6.45, 7) is 2.99. The van der Waals surface area contributed by atoms with Crippen LogP contribution in [0.4, 0.5) is 4.39 Å². The minimum atomic E-state index is -3.48. The van der Waals surface area contributed by atoms with Crippen LogP contribution in [0, 0.1) is 5.82 Å². The van der Waals surface area contributed by atoms with Gasteiger partial charge in [0.25, 0.3) is 0 Å². The lowest BCUT2D eigenvalue weighted by Gasteiger charge is -2.22. The molecule has 0 saturated carbocycles. The van der Waals surface area contributed by atoms with Crippen LogP contribution in [0.1, 0.15) is 12.0 Å². The molecule has 1 saturated heterocycles. The van der Waals surface area contributed by atoms with E-state index < -0.39 is 10.0 Å². The van der Waals surface area contributed by atoms with Crippen molar-refractivity contribution >= 4 is 26.0 Å². The Morgan fingerprint density at radius 3 is 2.48 bits per heavy atom. The molecule has 0 spiro atoms. The zero-order valence-corrected chi connectivity index (χ0v) is 16.1. The van der Waals surface area contributed by atoms with Gasteiger partial charge in [0.05, 0.1) is 4.90 Å². The highest BCUT2D eigenvalue weighted by Crippen LogP contribution is 2.20. The lowest BCUT2D eigenvalue weighted by molar-refractivity contribution is 0.278. The third kappa shape index (κ3) is 4.67. The van der Waals surface area contributed by atoms with Gasteiger partial charge in [0, 0.05) is 30.7 Å². The molecule has 0 N–H and O–H groups in total. The fourth-order valence-corrected chi connectivity index (χ4v) is 4.73. The number of nitrogens with zero attached hydrogens (tertiary/aromatic N) is 2. The zero-order chi connectivity index (χ0) is 17.9. The van der Waals surface area contributed by atoms with Gasteiger partial charge in [-0.1, -0.05) is 28.1 Å². The van der Waals surface area contributed by atoms with Gasteiger partial charge in [0.2, 0.25) is 10.0 Å². The van der Waals surface area contributed by atoms with E-state index in [9.17, 15) is 12.8 Å². The standard InChI is InChI=1S/C18H20BrFN2O2S/c19-16-5-7-18(8-6-16)25(23,24)22-10-2-9-21(11-12-22)14-15-3-1-4-17(20)13-15/h1,3-8,13H,2,9-12,14H2. The zero-order valence-electron chi connectivity index (χ0n) is 13.7. The quantitative estimate of drug-likeness (QED) is 0.750. The van der Waals surface area contributed by atoms with E-state index in [-0.39, 0.29) is 5.82 Å². The molecule has 3 rings (SSSR count). The van der Waals surface area contributed by atoms with E-state index in [4.69, 9.17) is 0 Å². The topological polar surface area (TPSA) is 40.6 Å². The molecule has 0 aliphatic carbocycles. The number of rotatable bonds is 4. The number of sulfonamides is 1. The van der Waals surface area contributed by atoms with Gasteiger partial charge in [-0.05, 0) is 54.9 Å². The third-order valence-corrected chi connectivity index (χ3v) is 6.74. The monoisotopic (exact) mass is 426 g/mol. The van der Waals surface area contributed by atoms with Crippen molar-refractivity contribution in [3.8, 4) is 0 Å². The molecule has 0 bridgehead atoms. The Bertz CT molecular complexity index is 827. The van der Waals surface area contributed by atoms with Gasteiger partial charge in [-0.3, -0.25) is 4.90 Å². The molecule has 1 heterocycles. The summed E-state index contributed by atoms with van der Waals surface area (Å²) in [7, 11) is -3.48. The van der Waals surface area contributed by atoms with E-state index in [1.165, 1.54) is 12.1 Å². The van der Waals surface area contributed by atoms with Crippen LogP contribution in [-0.2, 0) is 16.6 Å². The summed E-state index contributed by atoms with van der Waals surface area (Å²) in [5.74, 6) is -0.244. The second kappa shape index (κ2) is 7.95. The van der Waals surface area contributed by atoms with Crippen LogP contribution in [0.25, 0.3) is 0 Å². The van der Waals surface area contributed by atoms with Crippen LogP contribution in [0.5, 0.6) is 0 Å². The lowest BCUT2D eigenvalue weighted by atomic mass is 10.2. The van der Waals surface area contributed by atoms with Crippen molar-refractivity contribution in [1.82, 2.24) is 9.21 Å². The highest BCUT2D eigenvalue weighted by molar-refractivity contribution is 9.10. The number of hydrogen-bond donors (Lipinski definition) is 0. The van der Waals surface area contributed by atoms with Crippen LogP contribution >= 0.6 is 15.9 Å². The molecule has 0 unspecified atom stereocenters. The number of hydrogen-bond acceptors (Lipinski definition) is 3. The van der Waals surface area contributed by atoms with Crippen LogP contribution in [0.3, 0.4) is 0 Å². The van der Waals surface area contributed by atoms with Gasteiger partial charge >= 0.3 is 0 Å². The van der Waals surface area contributed by atoms with E-state index in [0.717, 1.165) is 23.0 Å². The van der Waals surface area contributed by atoms with Gasteiger partial charge in [0.15, 0.2) is 0 Å². The Morgan fingerprint density at radius 1 is 1.00 bits per heavy atom. The van der Waals surface area contributed by atoms with Gasteiger partial charge in [-0.2, -0.15) is 4.31 Å². The molecule has 7 heteroatoms. The predicted octanol–water partition coefficient (Wildman–Crippen LogP) is 3.48. The molecule has 0 radical (unpaired) electrons. The molecule has 1 aliphatic heterocycles. The van der Waals surface area contributed by atoms with Crippen molar-refractivity contribution < 1.29 is 12.8 Å². The van der Waals surface area contributed by atoms with Crippen molar-refractivity contribution in [3.05, 3.63) is 64.4 Å². The Hall–Kier alpha value is -1.28. The van der Waals surface area contributed by atoms with E-state index in [2.05, 4.69) is 20.8 Å². The summed E-state index contributed by atoms with van der Waals surface area (Å²) in [6, 6.07) is 13.3. The molecule has 1 aliphatic rings. The molecule has 4 nitrogen and oxygen atoms in total. The Labute approximate surface area is 156 Å². The molecular formula is C18H20BrFN2O2S. The highest BCUT2D eigenvalue weighted by Gasteiger charge is 2.26. The second-order valence-corrected chi connectivity index (χ2v) is 8.97. The lowest BCUT2D eigenvalue weighted by Crippen LogP contribution is -2.35. The molecule has 0 aromatic heterocycles. The van der Waals surface area contributed by atoms with Crippen LogP contribution in [0.15, 0.2) is 57.9 Å². The molecule has 1 fully saturated rings. The van der Waals surface area contributed by atoms with Crippen molar-refractivity contribution in [2.75, 3.05) is 26.2 Å². The SMILES string of the molecule is O=S(=O)(c1ccc(Br)cc1)N1CCCN(Cc2cccc(F)c2)CC1. The van der Waals surface area contributed by atoms with E-state index in [1.54, 1.807) is 34.6 Å². The Morgan fingerprint density at radius 2 is 1.76 bits per heavy atom. The Kier molecular flexibility index (Phi) is 5.89. The van der Waals surface area contributed by atoms with Crippen molar-refractivity contribution in [2.45, 2.75) is 17.9 Å². The number of halogens is 2. The summed E-state index contributed by atoms with van der Waals surface area (Å²) >= 11 is 3.32. The van der Waals surface area contributed by atoms with E-state index in [1.807, 2.05) is 6.07 Å². The smallest absolute Gasteiger partial charge is 0.243 e. The van der Waals surface area contributed by atoms with Gasteiger partial charge in [-0.15, -0.1) is 0 Å². The van der Waals surface area contributed by atoms with Crippen LogP contribution in [0.2, 0.25) is 0 Å². The van der Waals surface area contributed by atoms with Gasteiger partial charge < -0.3 is 0 Å². The molecule has 0 atom stereocenters. The van der Waals surface area contributed by atoms with Crippen molar-refractivity contribution in [3.63, 3.8) is 0 Å². The molecule has 2 aromatic rings. The van der Waals surface area contributed by atoms with Crippen molar-refractivity contribution in [1.29, 1.82) is 0 Å². The van der Waals surface area contributed by atoms with Crippen LogP contribution < -0.4 is 0 Å². The summed E-state index contributed by atoms with van der Waals surface area (Å²) in [5.41, 5.74) is 0.907. The average molecular weight is 427 g/mol. The molecule has 134 valence electrons. The summed E-state index contributed by atoms with van der Waals surface area (Å²) in [4.78, 5) is 2.49. The Balaban J connectivity index is 1.67. The van der Waals surface area contributed by atoms with E-state index in [0.29, 0.717) is 31.1 Å². The second-order valence-electron chi connectivity index (χ2n) is 6.12. The largest absolute Gasteiger partial charge is 0.298 e. The van der Waals surface area contributed by atoms with Gasteiger partial charge in [0.1, 0.15) is 5.82 Å².